The van der Waals surface area contributed by atoms with Crippen LogP contribution in [0.4, 0.5) is 0 Å². The molecule has 0 aromatic heterocycles. The Hall–Kier alpha value is -0.650. The number of nitrogens with one attached hydrogen (secondary N) is 1. The number of halogens is 1. The molecular weight excluding hydrogens is 290 g/mol. The Labute approximate surface area is 131 Å². The van der Waals surface area contributed by atoms with Crippen molar-refractivity contribution < 1.29 is 14.9 Å². The Morgan fingerprint density at radius 2 is 2.05 bits per heavy atom. The number of hydrogen-bond acceptors (Lipinski definition) is 4. The minimum atomic E-state index is -0.511. The van der Waals surface area contributed by atoms with Crippen LogP contribution in [-0.2, 0) is 11.3 Å². The first-order chi connectivity index (χ1) is 10.1. The fraction of sp³-hybridized carbons (Fsp3) is 0.625. The zero-order valence-electron chi connectivity index (χ0n) is 12.2. The summed E-state index contributed by atoms with van der Waals surface area (Å²) in [5, 5.41) is 23.2. The molecule has 1 fully saturated rings. The van der Waals surface area contributed by atoms with Crippen LogP contribution in [0.1, 0.15) is 24.8 Å². The van der Waals surface area contributed by atoms with Crippen molar-refractivity contribution in [3.05, 3.63) is 34.9 Å². The molecule has 0 bridgehead atoms. The van der Waals surface area contributed by atoms with E-state index in [9.17, 15) is 10.2 Å². The van der Waals surface area contributed by atoms with Gasteiger partial charge in [0.2, 0.25) is 0 Å². The van der Waals surface area contributed by atoms with E-state index < -0.39 is 6.10 Å². The smallest absolute Gasteiger partial charge is 0.0897 e. The predicted octanol–water partition coefficient (Wildman–Crippen LogP) is 1.97. The van der Waals surface area contributed by atoms with Gasteiger partial charge in [0, 0.05) is 11.6 Å². The quantitative estimate of drug-likeness (QED) is 0.686. The van der Waals surface area contributed by atoms with Crippen LogP contribution >= 0.6 is 11.6 Å². The molecule has 3 N–H and O–H groups in total. The van der Waals surface area contributed by atoms with Gasteiger partial charge in [-0.15, -0.1) is 0 Å². The van der Waals surface area contributed by atoms with E-state index in [2.05, 4.69) is 5.32 Å². The van der Waals surface area contributed by atoms with E-state index in [4.69, 9.17) is 16.3 Å². The van der Waals surface area contributed by atoms with Crippen LogP contribution in [0.5, 0.6) is 0 Å². The third-order valence-corrected chi connectivity index (χ3v) is 4.07. The molecule has 21 heavy (non-hydrogen) atoms. The van der Waals surface area contributed by atoms with Gasteiger partial charge in [0.05, 0.1) is 25.4 Å². The Morgan fingerprint density at radius 1 is 1.29 bits per heavy atom. The van der Waals surface area contributed by atoms with Crippen LogP contribution in [0.15, 0.2) is 24.3 Å². The molecule has 1 saturated carbocycles. The normalized spacial score (nSPS) is 23.4. The fourth-order valence-electron chi connectivity index (χ4n) is 2.64. The summed E-state index contributed by atoms with van der Waals surface area (Å²) in [4.78, 5) is 0. The Kier molecular flexibility index (Phi) is 6.93. The van der Waals surface area contributed by atoms with Crippen molar-refractivity contribution in [2.75, 3.05) is 19.7 Å². The minimum Gasteiger partial charge on any atom is -0.393 e. The molecule has 1 aliphatic carbocycles. The maximum Gasteiger partial charge on any atom is 0.0897 e. The summed E-state index contributed by atoms with van der Waals surface area (Å²) in [5.41, 5.74) is 1.04. The van der Waals surface area contributed by atoms with E-state index >= 15 is 0 Å². The second kappa shape index (κ2) is 8.71. The van der Waals surface area contributed by atoms with Gasteiger partial charge in [-0.25, -0.2) is 0 Å². The lowest BCUT2D eigenvalue weighted by atomic mass is 10.1. The summed E-state index contributed by atoms with van der Waals surface area (Å²) in [6.07, 6.45) is 2.19. The molecule has 1 aromatic carbocycles. The summed E-state index contributed by atoms with van der Waals surface area (Å²) in [7, 11) is 0. The number of ether oxygens (including phenoxy) is 1. The highest BCUT2D eigenvalue weighted by molar-refractivity contribution is 6.30. The maximum absolute atomic E-state index is 9.84. The average molecular weight is 314 g/mol. The van der Waals surface area contributed by atoms with Gasteiger partial charge in [0.1, 0.15) is 0 Å². The number of aliphatic hydroxyl groups is 2. The van der Waals surface area contributed by atoms with Crippen LogP contribution in [0.2, 0.25) is 5.02 Å². The van der Waals surface area contributed by atoms with Gasteiger partial charge in [-0.2, -0.15) is 0 Å². The molecule has 0 heterocycles. The molecule has 3 atom stereocenters. The molecular formula is C16H24ClNO3. The van der Waals surface area contributed by atoms with Crippen LogP contribution in [0.25, 0.3) is 0 Å². The van der Waals surface area contributed by atoms with Crippen molar-refractivity contribution in [2.24, 2.45) is 5.92 Å². The highest BCUT2D eigenvalue weighted by Gasteiger charge is 2.22. The SMILES string of the molecule is OC(CNCC1CCC(O)C1)COCc1ccc(Cl)cc1. The van der Waals surface area contributed by atoms with Crippen molar-refractivity contribution >= 4 is 11.6 Å². The van der Waals surface area contributed by atoms with Gasteiger partial charge >= 0.3 is 0 Å². The minimum absolute atomic E-state index is 0.135. The lowest BCUT2D eigenvalue weighted by Crippen LogP contribution is -2.33. The van der Waals surface area contributed by atoms with E-state index in [1.165, 1.54) is 0 Å². The summed E-state index contributed by atoms with van der Waals surface area (Å²) in [6, 6.07) is 7.49. The molecule has 1 aromatic rings. The molecule has 0 aliphatic heterocycles. The summed E-state index contributed by atoms with van der Waals surface area (Å²) < 4.78 is 5.49. The molecule has 2 rings (SSSR count). The van der Waals surface area contributed by atoms with Gasteiger partial charge < -0.3 is 20.3 Å². The van der Waals surface area contributed by atoms with Gasteiger partial charge in [-0.05, 0) is 49.4 Å². The van der Waals surface area contributed by atoms with Crippen LogP contribution < -0.4 is 5.32 Å². The van der Waals surface area contributed by atoms with Crippen LogP contribution in [0.3, 0.4) is 0 Å². The van der Waals surface area contributed by atoms with Crippen molar-refractivity contribution in [1.82, 2.24) is 5.32 Å². The van der Waals surface area contributed by atoms with E-state index in [0.717, 1.165) is 31.4 Å². The van der Waals surface area contributed by atoms with Crippen LogP contribution in [0, 0.1) is 5.92 Å². The van der Waals surface area contributed by atoms with Gasteiger partial charge in [-0.3, -0.25) is 0 Å². The molecule has 1 aliphatic rings. The van der Waals surface area contributed by atoms with Crippen molar-refractivity contribution in [1.29, 1.82) is 0 Å². The molecule has 0 saturated heterocycles. The average Bonchev–Trinajstić information content (AvgIpc) is 2.87. The number of aliphatic hydroxyl groups excluding tert-OH is 2. The second-order valence-corrected chi connectivity index (χ2v) is 6.22. The van der Waals surface area contributed by atoms with Gasteiger partial charge in [0.25, 0.3) is 0 Å². The fourth-order valence-corrected chi connectivity index (χ4v) is 2.77. The summed E-state index contributed by atoms with van der Waals surface area (Å²) in [5.74, 6) is 0.530. The largest absolute Gasteiger partial charge is 0.393 e. The first-order valence-corrected chi connectivity index (χ1v) is 7.90. The molecule has 0 radical (unpaired) electrons. The first kappa shape index (κ1) is 16.7. The molecule has 118 valence electrons. The molecule has 4 nitrogen and oxygen atoms in total. The van der Waals surface area contributed by atoms with E-state index in [-0.39, 0.29) is 6.10 Å². The summed E-state index contributed by atoms with van der Waals surface area (Å²) >= 11 is 5.81. The first-order valence-electron chi connectivity index (χ1n) is 7.52. The summed E-state index contributed by atoms with van der Waals surface area (Å²) in [6.45, 7) is 2.16. The van der Waals surface area contributed by atoms with E-state index in [1.54, 1.807) is 0 Å². The third kappa shape index (κ3) is 6.32. The molecule has 3 unspecified atom stereocenters. The zero-order chi connectivity index (χ0) is 15.1. The lowest BCUT2D eigenvalue weighted by molar-refractivity contribution is 0.0285. The highest BCUT2D eigenvalue weighted by Crippen LogP contribution is 2.24. The predicted molar refractivity (Wildman–Crippen MR) is 83.3 cm³/mol. The lowest BCUT2D eigenvalue weighted by Gasteiger charge is -2.15. The van der Waals surface area contributed by atoms with Crippen LogP contribution in [-0.4, -0.2) is 42.1 Å². The zero-order valence-corrected chi connectivity index (χ0v) is 12.9. The molecule has 0 amide bonds. The highest BCUT2D eigenvalue weighted by atomic mass is 35.5. The molecule has 5 heteroatoms. The van der Waals surface area contributed by atoms with Gasteiger partial charge in [0.15, 0.2) is 0 Å². The standard InChI is InChI=1S/C16H24ClNO3/c17-14-4-1-12(2-5-14)10-21-11-16(20)9-18-8-13-3-6-15(19)7-13/h1-2,4-5,13,15-16,18-20H,3,6-11H2. The third-order valence-electron chi connectivity index (χ3n) is 3.82. The Bertz CT molecular complexity index is 412. The number of hydrogen-bond donors (Lipinski definition) is 3. The van der Waals surface area contributed by atoms with E-state index in [1.807, 2.05) is 24.3 Å². The monoisotopic (exact) mass is 313 g/mol. The number of rotatable bonds is 8. The maximum atomic E-state index is 9.84. The van der Waals surface area contributed by atoms with Crippen molar-refractivity contribution in [3.63, 3.8) is 0 Å². The van der Waals surface area contributed by atoms with Crippen molar-refractivity contribution in [3.8, 4) is 0 Å². The Morgan fingerprint density at radius 3 is 2.71 bits per heavy atom. The number of benzene rings is 1. The van der Waals surface area contributed by atoms with E-state index in [0.29, 0.717) is 30.7 Å². The topological polar surface area (TPSA) is 61.7 Å². The molecule has 0 spiro atoms. The van der Waals surface area contributed by atoms with Crippen molar-refractivity contribution in [2.45, 2.75) is 38.1 Å². The van der Waals surface area contributed by atoms with Gasteiger partial charge in [-0.1, -0.05) is 23.7 Å². The Balaban J connectivity index is 1.53. The second-order valence-electron chi connectivity index (χ2n) is 5.79.